The van der Waals surface area contributed by atoms with Crippen LogP contribution in [0.5, 0.6) is 11.5 Å². The SMILES string of the molecule is CCOC(=O)C1=C(C)N=c2s/c(=C\c3cc(C)n(-c4cccc(C(C)=O)c4)c3C)c(=O)n2[C@@H]1c1ccc(OCC(=O)OC)c(OCC)c1. The molecule has 0 fully saturated rings. The zero-order chi connectivity index (χ0) is 34.7. The summed E-state index contributed by atoms with van der Waals surface area (Å²) in [5, 5.41) is 0. The number of methoxy groups -OCH3 is 1. The highest BCUT2D eigenvalue weighted by Crippen LogP contribution is 2.36. The van der Waals surface area contributed by atoms with Gasteiger partial charge in [0.25, 0.3) is 5.56 Å². The van der Waals surface area contributed by atoms with Gasteiger partial charge in [-0.05, 0) is 89.1 Å². The second kappa shape index (κ2) is 14.3. The molecule has 1 atom stereocenters. The Hall–Kier alpha value is -5.23. The lowest BCUT2D eigenvalue weighted by molar-refractivity contribution is -0.143. The van der Waals surface area contributed by atoms with Crippen molar-refractivity contribution in [2.24, 2.45) is 4.99 Å². The van der Waals surface area contributed by atoms with Crippen molar-refractivity contribution >= 4 is 35.1 Å². The van der Waals surface area contributed by atoms with Gasteiger partial charge in [-0.1, -0.05) is 29.5 Å². The van der Waals surface area contributed by atoms with Crippen molar-refractivity contribution < 1.29 is 33.3 Å². The molecule has 12 heteroatoms. The summed E-state index contributed by atoms with van der Waals surface area (Å²) in [7, 11) is 1.27. The molecule has 3 heterocycles. The van der Waals surface area contributed by atoms with Gasteiger partial charge in [-0.25, -0.2) is 14.6 Å². The molecular formula is C36H37N3O8S. The fraction of sp³-hybridized carbons (Fsp3) is 0.306. The molecule has 2 aromatic carbocycles. The van der Waals surface area contributed by atoms with Gasteiger partial charge in [0.2, 0.25) is 0 Å². The van der Waals surface area contributed by atoms with E-state index in [1.54, 1.807) is 38.1 Å². The summed E-state index contributed by atoms with van der Waals surface area (Å²) in [6.07, 6.45) is 1.83. The van der Waals surface area contributed by atoms with E-state index in [4.69, 9.17) is 14.2 Å². The van der Waals surface area contributed by atoms with Crippen LogP contribution in [0.25, 0.3) is 11.8 Å². The van der Waals surface area contributed by atoms with E-state index >= 15 is 0 Å². The van der Waals surface area contributed by atoms with Crippen LogP contribution in [-0.4, -0.2) is 53.8 Å². The molecule has 5 rings (SSSR count). The second-order valence-corrected chi connectivity index (χ2v) is 12.1. The lowest BCUT2D eigenvalue weighted by Crippen LogP contribution is -2.40. The number of aromatic nitrogens is 2. The monoisotopic (exact) mass is 671 g/mol. The van der Waals surface area contributed by atoms with Crippen LogP contribution in [0.3, 0.4) is 0 Å². The van der Waals surface area contributed by atoms with Crippen LogP contribution in [0.4, 0.5) is 0 Å². The molecule has 0 spiro atoms. The molecule has 0 saturated heterocycles. The summed E-state index contributed by atoms with van der Waals surface area (Å²) >= 11 is 1.22. The van der Waals surface area contributed by atoms with E-state index in [2.05, 4.69) is 9.73 Å². The number of nitrogens with zero attached hydrogens (tertiary/aromatic N) is 3. The fourth-order valence-corrected chi connectivity index (χ4v) is 6.76. The number of fused-ring (bicyclic) bond motifs is 1. The number of carbonyl (C=O) groups excluding carboxylic acids is 3. The molecule has 0 unspecified atom stereocenters. The summed E-state index contributed by atoms with van der Waals surface area (Å²) in [4.78, 5) is 56.5. The van der Waals surface area contributed by atoms with E-state index in [1.165, 1.54) is 29.9 Å². The van der Waals surface area contributed by atoms with E-state index in [0.29, 0.717) is 44.3 Å². The van der Waals surface area contributed by atoms with Crippen molar-refractivity contribution in [1.29, 1.82) is 0 Å². The van der Waals surface area contributed by atoms with E-state index in [0.717, 1.165) is 22.6 Å². The Morgan fingerprint density at radius 2 is 1.75 bits per heavy atom. The Balaban J connectivity index is 1.66. The average molecular weight is 672 g/mol. The zero-order valence-corrected chi connectivity index (χ0v) is 28.7. The third kappa shape index (κ3) is 6.61. The Kier molecular flexibility index (Phi) is 10.1. The number of benzene rings is 2. The van der Waals surface area contributed by atoms with Gasteiger partial charge >= 0.3 is 11.9 Å². The molecule has 0 N–H and O–H groups in total. The van der Waals surface area contributed by atoms with E-state index in [-0.39, 0.29) is 30.1 Å². The Bertz CT molecular complexity index is 2140. The van der Waals surface area contributed by atoms with E-state index < -0.39 is 18.0 Å². The molecule has 1 aliphatic heterocycles. The summed E-state index contributed by atoms with van der Waals surface area (Å²) in [5.41, 5.74) is 5.00. The molecule has 48 heavy (non-hydrogen) atoms. The Morgan fingerprint density at radius 3 is 2.44 bits per heavy atom. The molecule has 0 aliphatic carbocycles. The predicted molar refractivity (Wildman–Crippen MR) is 181 cm³/mol. The lowest BCUT2D eigenvalue weighted by Gasteiger charge is -2.25. The number of ether oxygens (including phenoxy) is 4. The third-order valence-corrected chi connectivity index (χ3v) is 8.92. The minimum absolute atomic E-state index is 0.0237. The third-order valence-electron chi connectivity index (χ3n) is 7.94. The molecule has 250 valence electrons. The first-order valence-corrected chi connectivity index (χ1v) is 16.3. The van der Waals surface area contributed by atoms with Gasteiger partial charge in [-0.15, -0.1) is 0 Å². The van der Waals surface area contributed by atoms with Crippen LogP contribution in [0.15, 0.2) is 69.6 Å². The van der Waals surface area contributed by atoms with Crippen LogP contribution in [-0.2, 0) is 19.1 Å². The second-order valence-electron chi connectivity index (χ2n) is 11.1. The number of hydrogen-bond acceptors (Lipinski definition) is 10. The number of ketones is 1. The van der Waals surface area contributed by atoms with Gasteiger partial charge < -0.3 is 23.5 Å². The van der Waals surface area contributed by atoms with Crippen molar-refractivity contribution in [3.63, 3.8) is 0 Å². The minimum Gasteiger partial charge on any atom is -0.490 e. The molecule has 4 aromatic rings. The smallest absolute Gasteiger partial charge is 0.343 e. The standard InChI is InChI=1S/C36H37N3O8S/c1-8-45-29-17-25(13-14-28(29)47-19-31(41)44-7)33-32(35(43)46-9-2)21(4)37-36-39(33)34(42)30(48-36)18-26-15-20(3)38(22(26)5)27-12-10-11-24(16-27)23(6)40/h10-18,33H,8-9,19H2,1-7H3/b30-18-/t33-/m1/s1. The van der Waals surface area contributed by atoms with Crippen LogP contribution in [0.1, 0.15) is 66.6 Å². The summed E-state index contributed by atoms with van der Waals surface area (Å²) in [5.74, 6) is -0.522. The molecule has 1 aliphatic rings. The minimum atomic E-state index is -0.877. The normalized spacial score (nSPS) is 14.3. The lowest BCUT2D eigenvalue weighted by atomic mass is 9.95. The van der Waals surface area contributed by atoms with Gasteiger partial charge in [-0.3, -0.25) is 14.2 Å². The van der Waals surface area contributed by atoms with Crippen molar-refractivity contribution in [3.8, 4) is 17.2 Å². The topological polar surface area (TPSA) is 127 Å². The molecule has 2 aromatic heterocycles. The van der Waals surface area contributed by atoms with Crippen LogP contribution >= 0.6 is 11.3 Å². The van der Waals surface area contributed by atoms with Gasteiger partial charge in [-0.2, -0.15) is 0 Å². The largest absolute Gasteiger partial charge is 0.490 e. The number of hydrogen-bond donors (Lipinski definition) is 0. The molecular weight excluding hydrogens is 634 g/mol. The van der Waals surface area contributed by atoms with Crippen molar-refractivity contribution in [1.82, 2.24) is 9.13 Å². The van der Waals surface area contributed by atoms with E-state index in [1.807, 2.05) is 55.7 Å². The molecule has 0 radical (unpaired) electrons. The molecule has 0 bridgehead atoms. The van der Waals surface area contributed by atoms with Gasteiger partial charge in [0.15, 0.2) is 28.7 Å². The first kappa shape index (κ1) is 34.1. The zero-order valence-electron chi connectivity index (χ0n) is 27.9. The van der Waals surface area contributed by atoms with Crippen molar-refractivity contribution in [3.05, 3.63) is 108 Å². The number of carbonyl (C=O) groups is 3. The number of allylic oxidation sites excluding steroid dienone is 1. The summed E-state index contributed by atoms with van der Waals surface area (Å²) < 4.78 is 25.6. The number of Topliss-reactive ketones (excluding diaryl/α,β-unsaturated/α-hetero) is 1. The van der Waals surface area contributed by atoms with Gasteiger partial charge in [0.1, 0.15) is 0 Å². The number of aryl methyl sites for hydroxylation is 1. The fourth-order valence-electron chi connectivity index (χ4n) is 5.72. The van der Waals surface area contributed by atoms with Gasteiger partial charge in [0, 0.05) is 22.6 Å². The summed E-state index contributed by atoms with van der Waals surface area (Å²) in [6, 6.07) is 13.6. The summed E-state index contributed by atoms with van der Waals surface area (Å²) in [6.45, 7) is 10.8. The average Bonchev–Trinajstić information content (AvgIpc) is 3.52. The quantitative estimate of drug-likeness (QED) is 0.170. The van der Waals surface area contributed by atoms with Crippen LogP contribution in [0, 0.1) is 13.8 Å². The maximum atomic E-state index is 14.3. The molecule has 11 nitrogen and oxygen atoms in total. The van der Waals surface area contributed by atoms with Crippen molar-refractivity contribution in [2.75, 3.05) is 26.9 Å². The number of esters is 2. The van der Waals surface area contributed by atoms with Crippen LogP contribution < -0.4 is 24.4 Å². The van der Waals surface area contributed by atoms with Crippen LogP contribution in [0.2, 0.25) is 0 Å². The highest BCUT2D eigenvalue weighted by atomic mass is 32.1. The highest BCUT2D eigenvalue weighted by molar-refractivity contribution is 7.07. The maximum Gasteiger partial charge on any atom is 0.343 e. The van der Waals surface area contributed by atoms with Crippen molar-refractivity contribution in [2.45, 2.75) is 47.6 Å². The maximum absolute atomic E-state index is 14.3. The predicted octanol–water partition coefficient (Wildman–Crippen LogP) is 4.36. The number of rotatable bonds is 11. The first-order valence-electron chi connectivity index (χ1n) is 15.4. The van der Waals surface area contributed by atoms with E-state index in [9.17, 15) is 19.2 Å². The Morgan fingerprint density at radius 1 is 0.979 bits per heavy atom. The number of thiazole rings is 1. The molecule has 0 amide bonds. The molecule has 0 saturated carbocycles. The first-order chi connectivity index (χ1) is 23.0. The van der Waals surface area contributed by atoms with Gasteiger partial charge in [0.05, 0.1) is 42.2 Å². The highest BCUT2D eigenvalue weighted by Gasteiger charge is 2.34. The Labute approximate surface area is 281 Å².